The number of hydrogen-bond donors (Lipinski definition) is 3. The van der Waals surface area contributed by atoms with Gasteiger partial charge in [-0.1, -0.05) is 39.5 Å². The number of hydrogen-bond acceptors (Lipinski definition) is 3. The summed E-state index contributed by atoms with van der Waals surface area (Å²) >= 11 is 0. The van der Waals surface area contributed by atoms with Crippen LogP contribution in [-0.2, 0) is 4.79 Å². The molecule has 0 aromatic carbocycles. The number of halogens is 1. The SMILES string of the molecule is CCC(C)C(O)CNC(=O)C1(N)CCCCC1.Cl. The van der Waals surface area contributed by atoms with Gasteiger partial charge in [0.1, 0.15) is 0 Å². The minimum atomic E-state index is -0.701. The summed E-state index contributed by atoms with van der Waals surface area (Å²) in [6.45, 7) is 4.32. The fourth-order valence-electron chi connectivity index (χ4n) is 2.26. The summed E-state index contributed by atoms with van der Waals surface area (Å²) in [5.41, 5.74) is 5.40. The average Bonchev–Trinajstić information content (AvgIpc) is 2.35. The zero-order valence-corrected chi connectivity index (χ0v) is 12.3. The molecule has 1 amide bonds. The normalized spacial score (nSPS) is 21.6. The maximum Gasteiger partial charge on any atom is 0.240 e. The zero-order chi connectivity index (χ0) is 12.9. The van der Waals surface area contributed by atoms with Crippen molar-refractivity contribution >= 4 is 18.3 Å². The second kappa shape index (κ2) is 7.97. The summed E-state index contributed by atoms with van der Waals surface area (Å²) in [6, 6.07) is 0. The molecular formula is C13H27ClN2O2. The lowest BCUT2D eigenvalue weighted by molar-refractivity contribution is -0.128. The summed E-state index contributed by atoms with van der Waals surface area (Å²) in [5.74, 6) is 0.106. The number of amides is 1. The molecule has 2 atom stereocenters. The topological polar surface area (TPSA) is 75.3 Å². The van der Waals surface area contributed by atoms with Crippen LogP contribution in [0.4, 0.5) is 0 Å². The van der Waals surface area contributed by atoms with E-state index in [-0.39, 0.29) is 24.2 Å². The first kappa shape index (κ1) is 17.7. The van der Waals surface area contributed by atoms with E-state index in [4.69, 9.17) is 5.73 Å². The van der Waals surface area contributed by atoms with Gasteiger partial charge in [0.15, 0.2) is 0 Å². The Balaban J connectivity index is 0.00000289. The Bertz CT molecular complexity index is 255. The molecule has 0 aromatic rings. The van der Waals surface area contributed by atoms with Crippen LogP contribution in [0.2, 0.25) is 0 Å². The molecule has 0 radical (unpaired) electrons. The predicted octanol–water partition coefficient (Wildman–Crippen LogP) is 1.59. The third-order valence-electron chi connectivity index (χ3n) is 3.97. The van der Waals surface area contributed by atoms with Gasteiger partial charge in [-0.15, -0.1) is 12.4 Å². The molecule has 18 heavy (non-hydrogen) atoms. The summed E-state index contributed by atoms with van der Waals surface area (Å²) in [5, 5.41) is 12.6. The van der Waals surface area contributed by atoms with Gasteiger partial charge in [-0.3, -0.25) is 4.79 Å². The van der Waals surface area contributed by atoms with E-state index < -0.39 is 11.6 Å². The summed E-state index contributed by atoms with van der Waals surface area (Å²) in [4.78, 5) is 12.0. The Morgan fingerprint density at radius 2 is 1.94 bits per heavy atom. The average molecular weight is 279 g/mol. The molecule has 4 nitrogen and oxygen atoms in total. The molecule has 1 rings (SSSR count). The minimum absolute atomic E-state index is 0. The largest absolute Gasteiger partial charge is 0.391 e. The van der Waals surface area contributed by atoms with Gasteiger partial charge in [0, 0.05) is 6.54 Å². The van der Waals surface area contributed by atoms with Gasteiger partial charge in [0.2, 0.25) is 5.91 Å². The van der Waals surface area contributed by atoms with Crippen LogP contribution in [0.3, 0.4) is 0 Å². The maximum absolute atomic E-state index is 12.0. The van der Waals surface area contributed by atoms with E-state index in [1.54, 1.807) is 0 Å². The Morgan fingerprint density at radius 3 is 2.44 bits per heavy atom. The zero-order valence-electron chi connectivity index (χ0n) is 11.4. The van der Waals surface area contributed by atoms with Crippen LogP contribution in [-0.4, -0.2) is 29.2 Å². The summed E-state index contributed by atoms with van der Waals surface area (Å²) in [6.07, 6.45) is 5.18. The second-order valence-electron chi connectivity index (χ2n) is 5.38. The molecule has 0 spiro atoms. The number of aliphatic hydroxyl groups is 1. The highest BCUT2D eigenvalue weighted by atomic mass is 35.5. The van der Waals surface area contributed by atoms with Crippen LogP contribution in [0.1, 0.15) is 52.4 Å². The van der Waals surface area contributed by atoms with E-state index in [2.05, 4.69) is 5.32 Å². The van der Waals surface area contributed by atoms with Crippen molar-refractivity contribution in [2.24, 2.45) is 11.7 Å². The van der Waals surface area contributed by atoms with Crippen LogP contribution in [0.5, 0.6) is 0 Å². The highest BCUT2D eigenvalue weighted by molar-refractivity contribution is 5.86. The number of nitrogens with one attached hydrogen (secondary N) is 1. The molecule has 0 aliphatic heterocycles. The molecule has 1 aliphatic rings. The minimum Gasteiger partial charge on any atom is -0.391 e. The first-order valence-electron chi connectivity index (χ1n) is 6.75. The lowest BCUT2D eigenvalue weighted by Crippen LogP contribution is -2.56. The van der Waals surface area contributed by atoms with E-state index in [9.17, 15) is 9.90 Å². The first-order valence-corrected chi connectivity index (χ1v) is 6.75. The molecule has 0 saturated heterocycles. The van der Waals surface area contributed by atoms with Crippen LogP contribution < -0.4 is 11.1 Å². The van der Waals surface area contributed by atoms with Gasteiger partial charge in [0.05, 0.1) is 11.6 Å². The van der Waals surface area contributed by atoms with Crippen molar-refractivity contribution in [1.82, 2.24) is 5.32 Å². The quantitative estimate of drug-likeness (QED) is 0.715. The van der Waals surface area contributed by atoms with Crippen molar-refractivity contribution in [3.63, 3.8) is 0 Å². The molecule has 0 aromatic heterocycles. The van der Waals surface area contributed by atoms with Crippen molar-refractivity contribution in [2.75, 3.05) is 6.54 Å². The molecule has 0 bridgehead atoms. The third kappa shape index (κ3) is 4.75. The monoisotopic (exact) mass is 278 g/mol. The number of aliphatic hydroxyl groups excluding tert-OH is 1. The molecule has 2 unspecified atom stereocenters. The van der Waals surface area contributed by atoms with Crippen LogP contribution in [0.25, 0.3) is 0 Å². The fourth-order valence-corrected chi connectivity index (χ4v) is 2.26. The molecule has 1 fully saturated rings. The Labute approximate surface area is 116 Å². The van der Waals surface area contributed by atoms with Crippen molar-refractivity contribution in [3.05, 3.63) is 0 Å². The molecule has 0 heterocycles. The van der Waals surface area contributed by atoms with E-state index in [0.29, 0.717) is 6.54 Å². The molecule has 1 saturated carbocycles. The second-order valence-corrected chi connectivity index (χ2v) is 5.38. The fraction of sp³-hybridized carbons (Fsp3) is 0.923. The Kier molecular flexibility index (Phi) is 7.83. The van der Waals surface area contributed by atoms with Crippen LogP contribution in [0.15, 0.2) is 0 Å². The van der Waals surface area contributed by atoms with Crippen LogP contribution in [0, 0.1) is 5.92 Å². The summed E-state index contributed by atoms with van der Waals surface area (Å²) in [7, 11) is 0. The van der Waals surface area contributed by atoms with E-state index in [0.717, 1.165) is 32.1 Å². The molecule has 108 valence electrons. The maximum atomic E-state index is 12.0. The van der Waals surface area contributed by atoms with Crippen molar-refractivity contribution in [3.8, 4) is 0 Å². The molecule has 5 heteroatoms. The summed E-state index contributed by atoms with van der Waals surface area (Å²) < 4.78 is 0. The number of nitrogens with two attached hydrogens (primary N) is 1. The predicted molar refractivity (Wildman–Crippen MR) is 75.7 cm³/mol. The standard InChI is InChI=1S/C13H26N2O2.ClH/c1-3-10(2)11(16)9-15-12(17)13(14)7-5-4-6-8-13;/h10-11,16H,3-9,14H2,1-2H3,(H,15,17);1H. The van der Waals surface area contributed by atoms with Crippen molar-refractivity contribution in [2.45, 2.75) is 64.0 Å². The van der Waals surface area contributed by atoms with Gasteiger partial charge in [-0.2, -0.15) is 0 Å². The van der Waals surface area contributed by atoms with E-state index >= 15 is 0 Å². The highest BCUT2D eigenvalue weighted by Gasteiger charge is 2.35. The Morgan fingerprint density at radius 1 is 1.39 bits per heavy atom. The lowest BCUT2D eigenvalue weighted by Gasteiger charge is -2.32. The van der Waals surface area contributed by atoms with Crippen molar-refractivity contribution < 1.29 is 9.90 Å². The Hall–Kier alpha value is -0.320. The molecule has 4 N–H and O–H groups in total. The molecular weight excluding hydrogens is 252 g/mol. The lowest BCUT2D eigenvalue weighted by atomic mass is 9.82. The number of rotatable bonds is 5. The smallest absolute Gasteiger partial charge is 0.240 e. The van der Waals surface area contributed by atoms with Gasteiger partial charge in [0.25, 0.3) is 0 Å². The van der Waals surface area contributed by atoms with Gasteiger partial charge >= 0.3 is 0 Å². The van der Waals surface area contributed by atoms with Crippen molar-refractivity contribution in [1.29, 1.82) is 0 Å². The van der Waals surface area contributed by atoms with E-state index in [1.165, 1.54) is 6.42 Å². The van der Waals surface area contributed by atoms with Gasteiger partial charge in [-0.25, -0.2) is 0 Å². The first-order chi connectivity index (χ1) is 7.99. The van der Waals surface area contributed by atoms with Gasteiger partial charge in [-0.05, 0) is 18.8 Å². The number of carbonyl (C=O) groups is 1. The third-order valence-corrected chi connectivity index (χ3v) is 3.97. The van der Waals surface area contributed by atoms with Gasteiger partial charge < -0.3 is 16.2 Å². The number of carbonyl (C=O) groups excluding carboxylic acids is 1. The molecule has 1 aliphatic carbocycles. The highest BCUT2D eigenvalue weighted by Crippen LogP contribution is 2.25. The van der Waals surface area contributed by atoms with E-state index in [1.807, 2.05) is 13.8 Å². The van der Waals surface area contributed by atoms with Crippen LogP contribution >= 0.6 is 12.4 Å².